The normalized spacial score (nSPS) is 12.8. The van der Waals surface area contributed by atoms with Crippen LogP contribution in [0.15, 0.2) is 0 Å². The van der Waals surface area contributed by atoms with Crippen LogP contribution in [-0.4, -0.2) is 23.5 Å². The van der Waals surface area contributed by atoms with Gasteiger partial charge in [0.15, 0.2) is 5.13 Å². The van der Waals surface area contributed by atoms with Crippen molar-refractivity contribution in [3.8, 4) is 0 Å². The molecule has 0 aliphatic rings. The quantitative estimate of drug-likeness (QED) is 0.723. The number of nitrogens with two attached hydrogens (primary N) is 1. The molecule has 114 valence electrons. The molecule has 0 aliphatic heterocycles. The molecule has 0 aromatic carbocycles. The summed E-state index contributed by atoms with van der Waals surface area (Å²) in [7, 11) is 0. The number of hydrogen-bond donors (Lipinski definition) is 3. The van der Waals surface area contributed by atoms with Crippen LogP contribution in [0.25, 0.3) is 0 Å². The monoisotopic (exact) mass is 298 g/mol. The summed E-state index contributed by atoms with van der Waals surface area (Å²) in [6.45, 7) is 11.3. The Balaban J connectivity index is 2.64. The van der Waals surface area contributed by atoms with E-state index in [9.17, 15) is 4.79 Å². The van der Waals surface area contributed by atoms with E-state index in [1.54, 1.807) is 0 Å². The lowest BCUT2D eigenvalue weighted by Crippen LogP contribution is -2.33. The minimum atomic E-state index is -0.134. The van der Waals surface area contributed by atoms with Crippen molar-refractivity contribution in [1.29, 1.82) is 0 Å². The highest BCUT2D eigenvalue weighted by molar-refractivity contribution is 7.18. The minimum Gasteiger partial charge on any atom is -0.382 e. The predicted octanol–water partition coefficient (Wildman–Crippen LogP) is 2.96. The summed E-state index contributed by atoms with van der Waals surface area (Å²) >= 11 is 1.31. The Kier molecular flexibility index (Phi) is 6.26. The molecule has 0 fully saturated rings. The fourth-order valence-electron chi connectivity index (χ4n) is 1.92. The average molecular weight is 298 g/mol. The molecular formula is C14H26N4OS. The van der Waals surface area contributed by atoms with Gasteiger partial charge in [-0.15, -0.1) is 0 Å². The molecule has 0 saturated carbocycles. The molecule has 1 amide bonds. The zero-order valence-electron chi connectivity index (χ0n) is 13.0. The lowest BCUT2D eigenvalue weighted by molar-refractivity contribution is 0.0941. The van der Waals surface area contributed by atoms with Crippen LogP contribution in [0.4, 0.5) is 10.9 Å². The molecule has 1 atom stereocenters. The van der Waals surface area contributed by atoms with Gasteiger partial charge in [0.25, 0.3) is 5.91 Å². The van der Waals surface area contributed by atoms with E-state index in [1.165, 1.54) is 11.3 Å². The Labute approximate surface area is 125 Å². The SMILES string of the molecule is CC(C)CNc1nc(N)c(C(=O)NC(C)CC(C)C)s1. The van der Waals surface area contributed by atoms with Gasteiger partial charge in [-0.05, 0) is 25.2 Å². The van der Waals surface area contributed by atoms with Gasteiger partial charge in [0.1, 0.15) is 10.7 Å². The molecule has 5 nitrogen and oxygen atoms in total. The molecule has 1 heterocycles. The summed E-state index contributed by atoms with van der Waals surface area (Å²) in [5.74, 6) is 1.23. The molecule has 0 spiro atoms. The maximum atomic E-state index is 12.2. The predicted molar refractivity (Wildman–Crippen MR) is 86.2 cm³/mol. The van der Waals surface area contributed by atoms with Crippen molar-refractivity contribution in [2.45, 2.75) is 47.1 Å². The largest absolute Gasteiger partial charge is 0.382 e. The third-order valence-corrected chi connectivity index (χ3v) is 3.75. The highest BCUT2D eigenvalue weighted by atomic mass is 32.1. The van der Waals surface area contributed by atoms with E-state index < -0.39 is 0 Å². The molecule has 1 unspecified atom stereocenters. The van der Waals surface area contributed by atoms with Crippen molar-refractivity contribution >= 4 is 28.2 Å². The Morgan fingerprint density at radius 2 is 1.90 bits per heavy atom. The topological polar surface area (TPSA) is 80.0 Å². The van der Waals surface area contributed by atoms with E-state index in [2.05, 4.69) is 43.3 Å². The number of nitrogen functional groups attached to an aromatic ring is 1. The molecule has 1 rings (SSSR count). The van der Waals surface area contributed by atoms with Gasteiger partial charge in [-0.25, -0.2) is 4.98 Å². The van der Waals surface area contributed by atoms with Crippen LogP contribution >= 0.6 is 11.3 Å². The summed E-state index contributed by atoms with van der Waals surface area (Å²) in [5, 5.41) is 6.87. The summed E-state index contributed by atoms with van der Waals surface area (Å²) in [6.07, 6.45) is 0.947. The summed E-state index contributed by atoms with van der Waals surface area (Å²) in [6, 6.07) is 0.135. The molecule has 6 heteroatoms. The Morgan fingerprint density at radius 1 is 1.25 bits per heavy atom. The van der Waals surface area contributed by atoms with Crippen LogP contribution in [0.5, 0.6) is 0 Å². The molecule has 0 bridgehead atoms. The van der Waals surface area contributed by atoms with Crippen LogP contribution in [0.2, 0.25) is 0 Å². The van der Waals surface area contributed by atoms with Gasteiger partial charge >= 0.3 is 0 Å². The number of hydrogen-bond acceptors (Lipinski definition) is 5. The first-order valence-electron chi connectivity index (χ1n) is 7.10. The molecule has 0 aliphatic carbocycles. The van der Waals surface area contributed by atoms with Crippen LogP contribution in [0.3, 0.4) is 0 Å². The number of nitrogens with zero attached hydrogens (tertiary/aromatic N) is 1. The van der Waals surface area contributed by atoms with E-state index in [0.717, 1.165) is 13.0 Å². The van der Waals surface area contributed by atoms with Crippen molar-refractivity contribution in [2.24, 2.45) is 11.8 Å². The van der Waals surface area contributed by atoms with Crippen molar-refractivity contribution in [1.82, 2.24) is 10.3 Å². The highest BCUT2D eigenvalue weighted by Gasteiger charge is 2.18. The molecule has 1 aromatic heterocycles. The van der Waals surface area contributed by atoms with Gasteiger partial charge in [0.2, 0.25) is 0 Å². The zero-order valence-corrected chi connectivity index (χ0v) is 13.8. The molecular weight excluding hydrogens is 272 g/mol. The first-order chi connectivity index (χ1) is 9.29. The number of anilines is 2. The van der Waals surface area contributed by atoms with Crippen molar-refractivity contribution in [2.75, 3.05) is 17.6 Å². The first kappa shape index (κ1) is 16.8. The van der Waals surface area contributed by atoms with Gasteiger partial charge in [0, 0.05) is 12.6 Å². The lowest BCUT2D eigenvalue weighted by atomic mass is 10.1. The Morgan fingerprint density at radius 3 is 2.45 bits per heavy atom. The highest BCUT2D eigenvalue weighted by Crippen LogP contribution is 2.25. The fraction of sp³-hybridized carbons (Fsp3) is 0.714. The molecule has 4 N–H and O–H groups in total. The average Bonchev–Trinajstić information content (AvgIpc) is 2.66. The lowest BCUT2D eigenvalue weighted by Gasteiger charge is -2.15. The number of amides is 1. The smallest absolute Gasteiger partial charge is 0.265 e. The second-order valence-corrected chi connectivity index (χ2v) is 7.01. The van der Waals surface area contributed by atoms with E-state index in [0.29, 0.717) is 27.7 Å². The Hall–Kier alpha value is -1.30. The standard InChI is InChI=1S/C14H26N4OS/c1-8(2)6-10(5)17-13(19)11-12(15)18-14(20-11)16-7-9(3)4/h8-10H,6-7,15H2,1-5H3,(H,16,18)(H,17,19). The minimum absolute atomic E-state index is 0.134. The zero-order chi connectivity index (χ0) is 15.3. The summed E-state index contributed by atoms with van der Waals surface area (Å²) in [4.78, 5) is 16.8. The maximum Gasteiger partial charge on any atom is 0.265 e. The summed E-state index contributed by atoms with van der Waals surface area (Å²) in [5.41, 5.74) is 5.82. The maximum absolute atomic E-state index is 12.2. The molecule has 0 saturated heterocycles. The van der Waals surface area contributed by atoms with E-state index >= 15 is 0 Å². The number of nitrogens with one attached hydrogen (secondary N) is 2. The molecule has 1 aromatic rings. The summed E-state index contributed by atoms with van der Waals surface area (Å²) < 4.78 is 0. The first-order valence-corrected chi connectivity index (χ1v) is 7.92. The van der Waals surface area contributed by atoms with E-state index in [-0.39, 0.29) is 11.9 Å². The van der Waals surface area contributed by atoms with E-state index in [4.69, 9.17) is 5.73 Å². The van der Waals surface area contributed by atoms with Gasteiger partial charge in [-0.2, -0.15) is 0 Å². The molecule has 20 heavy (non-hydrogen) atoms. The fourth-order valence-corrected chi connectivity index (χ4v) is 2.71. The third kappa shape index (κ3) is 5.36. The van der Waals surface area contributed by atoms with Gasteiger partial charge < -0.3 is 16.4 Å². The number of carbonyl (C=O) groups excluding carboxylic acids is 1. The number of carbonyl (C=O) groups is 1. The number of thiazole rings is 1. The van der Waals surface area contributed by atoms with Crippen LogP contribution < -0.4 is 16.4 Å². The van der Waals surface area contributed by atoms with Crippen LogP contribution in [0, 0.1) is 11.8 Å². The van der Waals surface area contributed by atoms with Crippen molar-refractivity contribution < 1.29 is 4.79 Å². The van der Waals surface area contributed by atoms with Gasteiger partial charge in [0.05, 0.1) is 0 Å². The molecule has 0 radical (unpaired) electrons. The number of aromatic nitrogens is 1. The van der Waals surface area contributed by atoms with Crippen molar-refractivity contribution in [3.63, 3.8) is 0 Å². The Bertz CT molecular complexity index is 442. The van der Waals surface area contributed by atoms with Crippen LogP contribution in [-0.2, 0) is 0 Å². The van der Waals surface area contributed by atoms with Crippen LogP contribution in [0.1, 0.15) is 50.7 Å². The van der Waals surface area contributed by atoms with Crippen molar-refractivity contribution in [3.05, 3.63) is 4.88 Å². The van der Waals surface area contributed by atoms with Gasteiger partial charge in [-0.3, -0.25) is 4.79 Å². The number of rotatable bonds is 7. The van der Waals surface area contributed by atoms with E-state index in [1.807, 2.05) is 6.92 Å². The second-order valence-electron chi connectivity index (χ2n) is 6.01. The van der Waals surface area contributed by atoms with Gasteiger partial charge in [-0.1, -0.05) is 39.0 Å². The third-order valence-electron chi connectivity index (χ3n) is 2.72. The second kappa shape index (κ2) is 7.47.